The molecule has 2 aliphatic rings. The molecular formula is C54H81N17O22S3. The molecule has 39 nitrogen and oxygen atoms in total. The molecule has 4 aromatic heterocycles. The highest BCUT2D eigenvalue weighted by atomic mass is 32.2. The molecule has 1 unspecified atom stereocenters. The number of imidazole rings is 1. The summed E-state index contributed by atoms with van der Waals surface area (Å²) >= 11 is 2.44. The molecule has 0 aliphatic carbocycles. The molecule has 42 heteroatoms. The van der Waals surface area contributed by atoms with Crippen molar-refractivity contribution in [3.8, 4) is 10.7 Å². The molecule has 2 fully saturated rings. The van der Waals surface area contributed by atoms with Crippen LogP contribution in [0.4, 0.5) is 10.6 Å². The lowest BCUT2D eigenvalue weighted by atomic mass is 9.96. The van der Waals surface area contributed by atoms with Crippen LogP contribution in [0.25, 0.3) is 10.7 Å². The second-order valence-corrected chi connectivity index (χ2v) is 25.8. The number of nitrogen functional groups attached to an aromatic ring is 1. The summed E-state index contributed by atoms with van der Waals surface area (Å²) in [6, 6.07) is -7.89. The minimum Gasteiger partial charge on any atom is -0.441 e. The Morgan fingerprint density at radius 3 is 2.10 bits per heavy atom. The molecule has 2 saturated heterocycles. The van der Waals surface area contributed by atoms with Crippen LogP contribution < -0.4 is 60.6 Å². The maximum atomic E-state index is 15.2. The maximum Gasteiger partial charge on any atom is 0.404 e. The van der Waals surface area contributed by atoms with Gasteiger partial charge in [-0.15, -0.1) is 22.7 Å². The number of nitrogens with one attached hydrogen (secondary N) is 7. The van der Waals surface area contributed by atoms with Crippen molar-refractivity contribution < 1.29 is 107 Å². The summed E-state index contributed by atoms with van der Waals surface area (Å²) in [6.45, 7) is 2.90. The Morgan fingerprint density at radius 2 is 1.48 bits per heavy atom. The van der Waals surface area contributed by atoms with Crippen LogP contribution in [0.1, 0.15) is 88.8 Å². The van der Waals surface area contributed by atoms with Crippen molar-refractivity contribution >= 4 is 86.7 Å². The lowest BCUT2D eigenvalue weighted by Crippen LogP contribution is -2.65. The van der Waals surface area contributed by atoms with E-state index in [2.05, 4.69) is 61.8 Å². The van der Waals surface area contributed by atoms with Gasteiger partial charge in [0.25, 0.3) is 11.8 Å². The Balaban J connectivity index is 1.26. The van der Waals surface area contributed by atoms with E-state index in [1.54, 1.807) is 17.0 Å². The average molecular weight is 1420 g/mol. The van der Waals surface area contributed by atoms with E-state index in [1.165, 1.54) is 50.4 Å². The number of H-pyrrole nitrogens is 1. The van der Waals surface area contributed by atoms with Gasteiger partial charge in [0.05, 0.1) is 72.7 Å². The van der Waals surface area contributed by atoms with E-state index in [4.69, 9.17) is 52.4 Å². The number of aliphatic hydroxyl groups is 8. The number of primary amides is 3. The van der Waals surface area contributed by atoms with E-state index in [-0.39, 0.29) is 48.1 Å². The van der Waals surface area contributed by atoms with Gasteiger partial charge in [0, 0.05) is 71.6 Å². The first-order valence-corrected chi connectivity index (χ1v) is 33.1. The maximum absolute atomic E-state index is 15.2. The number of aromatic nitrogens is 6. The normalized spacial score (nSPS) is 24.3. The summed E-state index contributed by atoms with van der Waals surface area (Å²) < 4.78 is 40.0. The number of carbonyl (C=O) groups excluding carboxylic acids is 8. The Bertz CT molecular complexity index is 3330. The molecule has 8 amide bonds. The SMILES string of the molecule is Cc1c(N)nc([C@@H](CC(N)=O)NC[C@@H](N)C(N)=O)nc1C(=O)N[C@@H](C(=O)N[C@@H](C)[C@H](O)[C@@H](C)C(=O)N[C@@H](C(=O)NCCc1nc(-c2nc(C(=O)NCCCS(C)=O)cs2)cs1)[C@H](C)O)[C@H](O[C@@H]1O[C@H](CO)[C@H](O)[C@@H](O)[C@H]1O[C@@H]1O[C@@H](CO)[C@H](O)[C@@H](OC(N)=O)[C@H]1O)c1cnc[nH]1. The summed E-state index contributed by atoms with van der Waals surface area (Å²) in [5.74, 6) is -8.42. The van der Waals surface area contributed by atoms with Gasteiger partial charge in [-0.2, -0.15) is 0 Å². The van der Waals surface area contributed by atoms with Crippen molar-refractivity contribution in [2.24, 2.45) is 28.9 Å². The van der Waals surface area contributed by atoms with E-state index in [0.717, 1.165) is 12.5 Å². The third-order valence-electron chi connectivity index (χ3n) is 15.2. The first kappa shape index (κ1) is 77.5. The third-order valence-corrected chi connectivity index (χ3v) is 17.8. The van der Waals surface area contributed by atoms with E-state index in [1.807, 2.05) is 0 Å². The summed E-state index contributed by atoms with van der Waals surface area (Å²) in [7, 11) is -0.996. The van der Waals surface area contributed by atoms with Gasteiger partial charge in [0.2, 0.25) is 29.5 Å². The van der Waals surface area contributed by atoms with Crippen LogP contribution in [-0.4, -0.2) is 265 Å². The van der Waals surface area contributed by atoms with Gasteiger partial charge < -0.3 is 130 Å². The fraction of sp³-hybridized carbons (Fsp3) is 0.611. The molecule has 4 aromatic rings. The molecular weight excluding hydrogens is 1330 g/mol. The van der Waals surface area contributed by atoms with Gasteiger partial charge in [0.1, 0.15) is 94.6 Å². The predicted molar refractivity (Wildman–Crippen MR) is 334 cm³/mol. The lowest BCUT2D eigenvalue weighted by Gasteiger charge is -2.47. The Kier molecular flexibility index (Phi) is 28.8. The first-order chi connectivity index (χ1) is 45.3. The number of carbonyl (C=O) groups is 8. The highest BCUT2D eigenvalue weighted by Crippen LogP contribution is 2.35. The Hall–Kier alpha value is -7.50. The van der Waals surface area contributed by atoms with Gasteiger partial charge in [-0.05, 0) is 27.2 Å². The van der Waals surface area contributed by atoms with Crippen molar-refractivity contribution in [3.05, 3.63) is 56.8 Å². The average Bonchev–Trinajstić information content (AvgIpc) is 0.885. The molecule has 96 heavy (non-hydrogen) atoms. The van der Waals surface area contributed by atoms with Crippen LogP contribution in [0.5, 0.6) is 0 Å². The second-order valence-electron chi connectivity index (χ2n) is 22.4. The molecule has 6 rings (SSSR count). The monoisotopic (exact) mass is 1420 g/mol. The topological polar surface area (TPSA) is 644 Å². The molecule has 2 aliphatic heterocycles. The first-order valence-electron chi connectivity index (χ1n) is 29.6. The summed E-state index contributed by atoms with van der Waals surface area (Å²) in [5.41, 5.74) is 27.9. The minimum absolute atomic E-state index is 0.0272. The molecule has 0 spiro atoms. The van der Waals surface area contributed by atoms with E-state index < -0.39 is 199 Å². The number of amides is 8. The third kappa shape index (κ3) is 20.5. The van der Waals surface area contributed by atoms with Gasteiger partial charge in [-0.25, -0.2) is 29.7 Å². The molecule has 0 saturated carbocycles. The van der Waals surface area contributed by atoms with Crippen molar-refractivity contribution in [2.75, 3.05) is 50.6 Å². The van der Waals surface area contributed by atoms with E-state index in [9.17, 15) is 78.6 Å². The van der Waals surface area contributed by atoms with Crippen LogP contribution >= 0.6 is 22.7 Å². The number of nitrogens with two attached hydrogens (primary N) is 5. The summed E-state index contributed by atoms with van der Waals surface area (Å²) in [6.07, 6.45) is -23.1. The molecule has 25 N–H and O–H groups in total. The molecule has 20 atom stereocenters. The van der Waals surface area contributed by atoms with Crippen molar-refractivity contribution in [1.82, 2.24) is 61.8 Å². The molecule has 0 bridgehead atoms. The fourth-order valence-corrected chi connectivity index (χ4v) is 11.9. The van der Waals surface area contributed by atoms with E-state index in [0.29, 0.717) is 34.4 Å². The minimum atomic E-state index is -2.20. The van der Waals surface area contributed by atoms with Crippen LogP contribution in [0.15, 0.2) is 23.3 Å². The van der Waals surface area contributed by atoms with Crippen LogP contribution in [-0.2, 0) is 64.9 Å². The zero-order valence-corrected chi connectivity index (χ0v) is 54.7. The smallest absolute Gasteiger partial charge is 0.404 e. The predicted octanol–water partition coefficient (Wildman–Crippen LogP) is -8.20. The molecule has 0 radical (unpaired) electrons. The number of aliphatic hydroxyl groups excluding tert-OH is 8. The number of rotatable bonds is 35. The number of thiazole rings is 2. The summed E-state index contributed by atoms with van der Waals surface area (Å²) in [4.78, 5) is 130. The highest BCUT2D eigenvalue weighted by Gasteiger charge is 2.54. The van der Waals surface area contributed by atoms with Crippen LogP contribution in [0.3, 0.4) is 0 Å². The number of hydrogen-bond acceptors (Lipinski definition) is 32. The Labute approximate surface area is 557 Å². The van der Waals surface area contributed by atoms with Crippen LogP contribution in [0.2, 0.25) is 0 Å². The standard InChI is InChI=1S/C54H81N17O22S3/c1-19-32(68-45(71-43(19)57)24(11-30(56)75)63-12-23(55)44(58)81)49(85)70-34(40(25-13-60-18-64-25)91-53-42(38(79)36(77)28(14-72)90-53)92-52-39(80)41(93-54(59)87)37(78)29(15-73)89-52)50(86)65-21(3)35(76)20(2)46(82)69-33(22(4)74)48(84)62-9-7-31-66-27(17-94-31)51-67-26(16-95-51)47(83)61-8-6-10-96(5)88/h13,16-18,20-24,28-29,33-42,52-53,63,72-74,76-80H,6-12,14-15,55H2,1-5H3,(H2,56,75)(H2,58,81)(H2,59,87)(H,60,64)(H,61,83)(H,62,84)(H,65,86)(H,69,82)(H,70,85)(H2,57,68,71)/t20-,21+,22+,23-,24-,28-,29+,33-,34-,35-,36+,37+,38-,39-,40-,41-,42-,52+,53+,96?/m1/s1. The Morgan fingerprint density at radius 1 is 0.792 bits per heavy atom. The molecule has 532 valence electrons. The van der Waals surface area contributed by atoms with Gasteiger partial charge in [-0.1, -0.05) is 6.92 Å². The zero-order valence-electron chi connectivity index (χ0n) is 52.3. The zero-order chi connectivity index (χ0) is 71.0. The number of hydrogen-bond donors (Lipinski definition) is 20. The van der Waals surface area contributed by atoms with Crippen LogP contribution in [0, 0.1) is 12.8 Å². The number of ether oxygens (including phenoxy) is 5. The number of aromatic amines is 1. The second kappa shape index (κ2) is 35.7. The lowest BCUT2D eigenvalue weighted by molar-refractivity contribution is -0.372. The van der Waals surface area contributed by atoms with Gasteiger partial charge >= 0.3 is 6.09 Å². The molecule has 6 heterocycles. The van der Waals surface area contributed by atoms with Gasteiger partial charge in [-0.3, -0.25) is 37.8 Å². The highest BCUT2D eigenvalue weighted by molar-refractivity contribution is 7.84. The largest absolute Gasteiger partial charge is 0.441 e. The van der Waals surface area contributed by atoms with Gasteiger partial charge in [0.15, 0.2) is 18.7 Å². The molecule has 0 aromatic carbocycles. The van der Waals surface area contributed by atoms with E-state index >= 15 is 4.79 Å². The van der Waals surface area contributed by atoms with Crippen molar-refractivity contribution in [2.45, 2.75) is 157 Å². The fourth-order valence-electron chi connectivity index (χ4n) is 9.71. The van der Waals surface area contributed by atoms with Crippen molar-refractivity contribution in [3.63, 3.8) is 0 Å². The number of nitrogens with zero attached hydrogens (tertiary/aromatic N) is 5. The summed E-state index contributed by atoms with van der Waals surface area (Å²) in [5, 5.41) is 108. The number of anilines is 1. The quantitative estimate of drug-likeness (QED) is 0.0190. The van der Waals surface area contributed by atoms with Crippen molar-refractivity contribution in [1.29, 1.82) is 0 Å².